The van der Waals surface area contributed by atoms with Gasteiger partial charge < -0.3 is 45.1 Å². The summed E-state index contributed by atoms with van der Waals surface area (Å²) in [5, 5.41) is 19.5. The number of benzene rings is 3. The number of nitrogens with one attached hydrogen (secondary N) is 3. The van der Waals surface area contributed by atoms with Crippen LogP contribution in [0.2, 0.25) is 10.0 Å². The standard InChI is InChI=1S/C44H56Cl2N8O6/c1-28(2)40-43(58)53(21-7-9-30-10-15-33(45)16-11-30)22-8-20-47-42(57)36(27-55)49-41(56)29(3)54(44(59)50-40)25-32-12-17-34(46)23-38(32)60-35-18-13-31(14-19-35)37-24-48-39(52(37)6)26-51(4)5/h10-19,23-24,28-29,36,40,55H,7-9,20-22,25-27H2,1-6H3,(H,47,57)(H,49,56)(H,50,59)/t29-,36-,40?/m0/s1. The van der Waals surface area contributed by atoms with Gasteiger partial charge in [-0.3, -0.25) is 14.4 Å². The van der Waals surface area contributed by atoms with Crippen molar-refractivity contribution in [1.82, 2.24) is 40.2 Å². The number of hydrogen-bond acceptors (Lipinski definition) is 8. The van der Waals surface area contributed by atoms with E-state index in [0.717, 1.165) is 22.6 Å². The predicted molar refractivity (Wildman–Crippen MR) is 233 cm³/mol. The summed E-state index contributed by atoms with van der Waals surface area (Å²) in [7, 11) is 5.96. The number of aryl methyl sites for hydroxylation is 1. The van der Waals surface area contributed by atoms with Crippen LogP contribution in [0.1, 0.15) is 50.6 Å². The van der Waals surface area contributed by atoms with E-state index in [-0.39, 0.29) is 24.9 Å². The summed E-state index contributed by atoms with van der Waals surface area (Å²) >= 11 is 12.6. The Morgan fingerprint density at radius 1 is 0.950 bits per heavy atom. The van der Waals surface area contributed by atoms with Crippen LogP contribution in [0.25, 0.3) is 11.3 Å². The van der Waals surface area contributed by atoms with Crippen LogP contribution in [-0.2, 0) is 40.9 Å². The molecule has 0 radical (unpaired) electrons. The molecule has 60 heavy (non-hydrogen) atoms. The molecular weight excluding hydrogens is 807 g/mol. The van der Waals surface area contributed by atoms with Crippen LogP contribution >= 0.6 is 23.2 Å². The minimum atomic E-state index is -1.26. The number of hydrogen-bond donors (Lipinski definition) is 4. The molecule has 1 aromatic heterocycles. The summed E-state index contributed by atoms with van der Waals surface area (Å²) in [5.74, 6) is -0.0812. The minimum absolute atomic E-state index is 0.144. The molecule has 14 nitrogen and oxygen atoms in total. The van der Waals surface area contributed by atoms with Crippen LogP contribution in [0.15, 0.2) is 72.9 Å². The summed E-state index contributed by atoms with van der Waals surface area (Å²) in [6.45, 7) is 6.02. The fraction of sp³-hybridized carbons (Fsp3) is 0.432. The highest BCUT2D eigenvalue weighted by atomic mass is 35.5. The number of carbonyl (C=O) groups excluding carboxylic acids is 4. The second-order valence-corrected chi connectivity index (χ2v) is 16.5. The Kier molecular flexibility index (Phi) is 16.4. The van der Waals surface area contributed by atoms with E-state index in [0.29, 0.717) is 66.0 Å². The Morgan fingerprint density at radius 3 is 2.32 bits per heavy atom. The third-order valence-corrected chi connectivity index (χ3v) is 10.9. The van der Waals surface area contributed by atoms with Crippen molar-refractivity contribution < 1.29 is 29.0 Å². The molecule has 1 saturated heterocycles. The van der Waals surface area contributed by atoms with Crippen molar-refractivity contribution in [2.45, 2.75) is 71.2 Å². The second-order valence-electron chi connectivity index (χ2n) is 15.7. The molecule has 4 N–H and O–H groups in total. The SMILES string of the molecule is CC(C)C1NC(=O)N(Cc2ccc(Cl)cc2Oc2ccc(-c3cnc(CN(C)C)n3C)cc2)[C@@H](C)C(=O)N[C@@H](CO)C(=O)NCCCN(CCCc2ccc(Cl)cc2)C1=O. The number of aliphatic hydroxyl groups excluding tert-OH is 1. The van der Waals surface area contributed by atoms with Crippen LogP contribution in [0.5, 0.6) is 11.5 Å². The quantitative estimate of drug-likeness (QED) is 0.135. The van der Waals surface area contributed by atoms with E-state index in [9.17, 15) is 24.3 Å². The third kappa shape index (κ3) is 12.2. The lowest BCUT2D eigenvalue weighted by atomic mass is 10.0. The minimum Gasteiger partial charge on any atom is -0.457 e. The summed E-state index contributed by atoms with van der Waals surface area (Å²) in [6.07, 6.45) is 3.59. The maximum Gasteiger partial charge on any atom is 0.319 e. The second kappa shape index (κ2) is 21.4. The highest BCUT2D eigenvalue weighted by Gasteiger charge is 2.35. The van der Waals surface area contributed by atoms with Gasteiger partial charge >= 0.3 is 6.03 Å². The van der Waals surface area contributed by atoms with Crippen LogP contribution in [0.3, 0.4) is 0 Å². The predicted octanol–water partition coefficient (Wildman–Crippen LogP) is 5.63. The molecule has 5 amide bonds. The van der Waals surface area contributed by atoms with E-state index in [1.165, 1.54) is 11.8 Å². The van der Waals surface area contributed by atoms with Crippen molar-refractivity contribution in [3.63, 3.8) is 0 Å². The van der Waals surface area contributed by atoms with Crippen LogP contribution in [0, 0.1) is 5.92 Å². The molecule has 0 aliphatic carbocycles. The van der Waals surface area contributed by atoms with Crippen molar-refractivity contribution in [2.75, 3.05) is 40.3 Å². The number of urea groups is 1. The van der Waals surface area contributed by atoms with Gasteiger partial charge in [-0.1, -0.05) is 55.2 Å². The van der Waals surface area contributed by atoms with E-state index in [1.807, 2.05) is 94.3 Å². The van der Waals surface area contributed by atoms with Crippen molar-refractivity contribution in [3.05, 3.63) is 99.9 Å². The van der Waals surface area contributed by atoms with Gasteiger partial charge in [0.05, 0.1) is 31.6 Å². The van der Waals surface area contributed by atoms with Gasteiger partial charge in [0.1, 0.15) is 35.4 Å². The fourth-order valence-electron chi connectivity index (χ4n) is 6.90. The van der Waals surface area contributed by atoms with E-state index < -0.39 is 42.6 Å². The first-order valence-corrected chi connectivity index (χ1v) is 20.9. The molecule has 3 aromatic carbocycles. The summed E-state index contributed by atoms with van der Waals surface area (Å²) in [4.78, 5) is 65.3. The number of amides is 5. The smallest absolute Gasteiger partial charge is 0.319 e. The van der Waals surface area contributed by atoms with Crippen molar-refractivity contribution in [3.8, 4) is 22.8 Å². The number of carbonyl (C=O) groups is 4. The van der Waals surface area contributed by atoms with Crippen molar-refractivity contribution in [2.24, 2.45) is 13.0 Å². The molecule has 322 valence electrons. The first-order valence-electron chi connectivity index (χ1n) is 20.2. The first kappa shape index (κ1) is 45.9. The monoisotopic (exact) mass is 862 g/mol. The van der Waals surface area contributed by atoms with Gasteiger partial charge in [-0.15, -0.1) is 0 Å². The van der Waals surface area contributed by atoms with E-state index in [2.05, 4.69) is 25.8 Å². The number of ether oxygens (including phenoxy) is 1. The summed E-state index contributed by atoms with van der Waals surface area (Å²) < 4.78 is 8.42. The number of aromatic nitrogens is 2. The highest BCUT2D eigenvalue weighted by Crippen LogP contribution is 2.32. The van der Waals surface area contributed by atoms with Crippen LogP contribution in [-0.4, -0.2) is 112 Å². The number of aliphatic hydroxyl groups is 1. The zero-order valence-electron chi connectivity index (χ0n) is 35.1. The molecule has 0 spiro atoms. The molecule has 4 aromatic rings. The topological polar surface area (TPSA) is 161 Å². The number of nitrogens with zero attached hydrogens (tertiary/aromatic N) is 5. The average Bonchev–Trinajstić information content (AvgIpc) is 3.57. The van der Waals surface area contributed by atoms with E-state index in [1.54, 1.807) is 23.1 Å². The molecule has 1 aliphatic heterocycles. The van der Waals surface area contributed by atoms with Crippen molar-refractivity contribution >= 4 is 47.0 Å². The maximum atomic E-state index is 14.5. The lowest BCUT2D eigenvalue weighted by Gasteiger charge is -2.34. The zero-order chi connectivity index (χ0) is 43.5. The molecule has 5 rings (SSSR count). The first-order chi connectivity index (χ1) is 28.6. The summed E-state index contributed by atoms with van der Waals surface area (Å²) in [6, 6.07) is 16.0. The Bertz CT molecular complexity index is 2090. The number of rotatable bonds is 13. The number of imidazole rings is 1. The highest BCUT2D eigenvalue weighted by molar-refractivity contribution is 6.31. The van der Waals surface area contributed by atoms with Gasteiger partial charge in [-0.2, -0.15) is 0 Å². The molecule has 3 atom stereocenters. The van der Waals surface area contributed by atoms with Gasteiger partial charge in [0, 0.05) is 47.9 Å². The Balaban J connectivity index is 1.42. The Hall–Kier alpha value is -5.15. The van der Waals surface area contributed by atoms with Crippen LogP contribution < -0.4 is 20.7 Å². The molecule has 2 heterocycles. The normalized spacial score (nSPS) is 18.6. The molecule has 0 saturated carbocycles. The van der Waals surface area contributed by atoms with E-state index in [4.69, 9.17) is 27.9 Å². The summed E-state index contributed by atoms with van der Waals surface area (Å²) in [5.41, 5.74) is 3.47. The fourth-order valence-corrected chi connectivity index (χ4v) is 7.19. The molecule has 1 fully saturated rings. The molecule has 0 bridgehead atoms. The third-order valence-electron chi connectivity index (χ3n) is 10.4. The van der Waals surface area contributed by atoms with Gasteiger partial charge in [0.2, 0.25) is 17.7 Å². The maximum absolute atomic E-state index is 14.5. The van der Waals surface area contributed by atoms with Crippen molar-refractivity contribution in [1.29, 1.82) is 0 Å². The van der Waals surface area contributed by atoms with E-state index >= 15 is 0 Å². The Morgan fingerprint density at radius 2 is 1.65 bits per heavy atom. The Labute approximate surface area is 362 Å². The van der Waals surface area contributed by atoms with Gasteiger partial charge in [-0.25, -0.2) is 9.78 Å². The lowest BCUT2D eigenvalue weighted by Crippen LogP contribution is -2.59. The van der Waals surface area contributed by atoms with Gasteiger partial charge in [-0.05, 0) is 100 Å². The molecule has 16 heteroatoms. The zero-order valence-corrected chi connectivity index (χ0v) is 36.6. The number of halogens is 2. The lowest BCUT2D eigenvalue weighted by molar-refractivity contribution is -0.134. The molecular formula is C44H56Cl2N8O6. The van der Waals surface area contributed by atoms with Crippen LogP contribution in [0.4, 0.5) is 4.79 Å². The van der Waals surface area contributed by atoms with Gasteiger partial charge in [0.25, 0.3) is 0 Å². The average molecular weight is 864 g/mol. The van der Waals surface area contributed by atoms with Gasteiger partial charge in [0.15, 0.2) is 0 Å². The largest absolute Gasteiger partial charge is 0.457 e. The molecule has 1 aliphatic rings. The molecule has 1 unspecified atom stereocenters.